The number of aryl methyl sites for hydroxylation is 1. The third-order valence-corrected chi connectivity index (χ3v) is 4.24. The average molecular weight is 421 g/mol. The van der Waals surface area contributed by atoms with Gasteiger partial charge in [-0.05, 0) is 42.8 Å². The topological polar surface area (TPSA) is 21.3 Å². The van der Waals surface area contributed by atoms with E-state index in [1.807, 2.05) is 25.1 Å². The second-order valence-corrected chi connectivity index (χ2v) is 6.22. The Morgan fingerprint density at radius 3 is 2.57 bits per heavy atom. The Morgan fingerprint density at radius 1 is 1.14 bits per heavy atom. The van der Waals surface area contributed by atoms with E-state index in [0.29, 0.717) is 12.1 Å². The summed E-state index contributed by atoms with van der Waals surface area (Å²) in [7, 11) is 0. The molecule has 0 atom stereocenters. The molecule has 2 rings (SSSR count). The fraction of sp³-hybridized carbons (Fsp3) is 0.200. The quantitative estimate of drug-likeness (QED) is 0.666. The van der Waals surface area contributed by atoms with E-state index in [9.17, 15) is 8.78 Å². The summed E-state index contributed by atoms with van der Waals surface area (Å²) in [4.78, 5) is 0. The van der Waals surface area contributed by atoms with Crippen molar-refractivity contribution in [2.24, 2.45) is 0 Å². The number of anilines is 1. The molecule has 0 aromatic heterocycles. The summed E-state index contributed by atoms with van der Waals surface area (Å²) < 4.78 is 31.1. The standard InChI is InChI=1S/C15H13Br2F2NO/c1-9-2-4-12(7-13(9)17)20-8-10-6-11(16)3-5-14(10)21-15(18)19/h2-7,15,20H,8H2,1H3. The first-order chi connectivity index (χ1) is 9.95. The molecular weight excluding hydrogens is 408 g/mol. The normalized spacial score (nSPS) is 10.8. The van der Waals surface area contributed by atoms with E-state index in [0.717, 1.165) is 20.2 Å². The molecule has 0 amide bonds. The lowest BCUT2D eigenvalue weighted by molar-refractivity contribution is -0.0504. The molecule has 1 N–H and O–H groups in total. The van der Waals surface area contributed by atoms with Crippen LogP contribution in [0.25, 0.3) is 0 Å². The predicted molar refractivity (Wildman–Crippen MR) is 87.0 cm³/mol. The molecule has 2 nitrogen and oxygen atoms in total. The number of hydrogen-bond donors (Lipinski definition) is 1. The van der Waals surface area contributed by atoms with Crippen molar-refractivity contribution in [3.63, 3.8) is 0 Å². The molecule has 0 aliphatic rings. The molecule has 112 valence electrons. The van der Waals surface area contributed by atoms with Gasteiger partial charge in [-0.2, -0.15) is 8.78 Å². The van der Waals surface area contributed by atoms with Crippen LogP contribution in [0.5, 0.6) is 5.75 Å². The van der Waals surface area contributed by atoms with Gasteiger partial charge in [-0.3, -0.25) is 0 Å². The van der Waals surface area contributed by atoms with E-state index >= 15 is 0 Å². The Bertz CT molecular complexity index is 635. The van der Waals surface area contributed by atoms with Gasteiger partial charge in [0, 0.05) is 26.7 Å². The van der Waals surface area contributed by atoms with Crippen LogP contribution < -0.4 is 10.1 Å². The Hall–Kier alpha value is -1.14. The highest BCUT2D eigenvalue weighted by Gasteiger charge is 2.10. The summed E-state index contributed by atoms with van der Waals surface area (Å²) in [6.07, 6.45) is 0. The molecule has 0 unspecified atom stereocenters. The lowest BCUT2D eigenvalue weighted by atomic mass is 10.2. The highest BCUT2D eigenvalue weighted by Crippen LogP contribution is 2.26. The highest BCUT2D eigenvalue weighted by molar-refractivity contribution is 9.10. The lowest BCUT2D eigenvalue weighted by Gasteiger charge is -2.13. The van der Waals surface area contributed by atoms with Gasteiger partial charge in [-0.15, -0.1) is 0 Å². The molecule has 2 aromatic rings. The maximum absolute atomic E-state index is 12.4. The van der Waals surface area contributed by atoms with E-state index in [1.165, 1.54) is 6.07 Å². The first-order valence-corrected chi connectivity index (χ1v) is 7.77. The Balaban J connectivity index is 2.14. The fourth-order valence-corrected chi connectivity index (χ4v) is 2.58. The van der Waals surface area contributed by atoms with Gasteiger partial charge in [0.05, 0.1) is 0 Å². The van der Waals surface area contributed by atoms with Crippen LogP contribution in [-0.2, 0) is 6.54 Å². The number of halogens is 4. The highest BCUT2D eigenvalue weighted by atomic mass is 79.9. The lowest BCUT2D eigenvalue weighted by Crippen LogP contribution is -2.07. The van der Waals surface area contributed by atoms with Gasteiger partial charge in [-0.25, -0.2) is 0 Å². The molecule has 0 spiro atoms. The summed E-state index contributed by atoms with van der Waals surface area (Å²) in [5.41, 5.74) is 2.68. The Kier molecular flexibility index (Phi) is 5.58. The van der Waals surface area contributed by atoms with E-state index < -0.39 is 6.61 Å². The molecule has 0 fully saturated rings. The maximum atomic E-state index is 12.4. The summed E-state index contributed by atoms with van der Waals surface area (Å²) in [5.74, 6) is 0.173. The minimum atomic E-state index is -2.83. The molecule has 21 heavy (non-hydrogen) atoms. The molecule has 6 heteroatoms. The van der Waals surface area contributed by atoms with Gasteiger partial charge in [0.15, 0.2) is 0 Å². The molecule has 0 aliphatic heterocycles. The fourth-order valence-electron chi connectivity index (χ4n) is 1.80. The van der Waals surface area contributed by atoms with Gasteiger partial charge >= 0.3 is 6.61 Å². The van der Waals surface area contributed by atoms with E-state index in [-0.39, 0.29) is 5.75 Å². The number of ether oxygens (including phenoxy) is 1. The third kappa shape index (κ3) is 4.68. The predicted octanol–water partition coefficient (Wildman–Crippen LogP) is 5.73. The van der Waals surface area contributed by atoms with Crippen LogP contribution in [-0.4, -0.2) is 6.61 Å². The minimum Gasteiger partial charge on any atom is -0.434 e. The SMILES string of the molecule is Cc1ccc(NCc2cc(Br)ccc2OC(F)F)cc1Br. The summed E-state index contributed by atoms with van der Waals surface area (Å²) in [6.45, 7) is -0.452. The second kappa shape index (κ2) is 7.22. The number of rotatable bonds is 5. The van der Waals surface area contributed by atoms with Crippen LogP contribution >= 0.6 is 31.9 Å². The van der Waals surface area contributed by atoms with Gasteiger partial charge in [0.2, 0.25) is 0 Å². The average Bonchev–Trinajstić information content (AvgIpc) is 2.42. The number of nitrogens with one attached hydrogen (secondary N) is 1. The molecule has 0 aliphatic carbocycles. The van der Waals surface area contributed by atoms with Crippen molar-refractivity contribution in [1.29, 1.82) is 0 Å². The first-order valence-electron chi connectivity index (χ1n) is 6.19. The van der Waals surface area contributed by atoms with E-state index in [2.05, 4.69) is 41.9 Å². The summed E-state index contributed by atoms with van der Waals surface area (Å²) in [6, 6.07) is 10.8. The zero-order valence-corrected chi connectivity index (χ0v) is 14.3. The molecule has 0 saturated carbocycles. The number of hydrogen-bond acceptors (Lipinski definition) is 2. The smallest absolute Gasteiger partial charge is 0.387 e. The Labute approximate surface area is 138 Å². The van der Waals surface area contributed by atoms with Gasteiger partial charge in [-0.1, -0.05) is 37.9 Å². The summed E-state index contributed by atoms with van der Waals surface area (Å²) in [5, 5.41) is 3.19. The first kappa shape index (κ1) is 16.2. The van der Waals surface area contributed by atoms with Crippen molar-refractivity contribution in [3.8, 4) is 5.75 Å². The van der Waals surface area contributed by atoms with Crippen molar-refractivity contribution >= 4 is 37.5 Å². The van der Waals surface area contributed by atoms with Crippen molar-refractivity contribution in [2.75, 3.05) is 5.32 Å². The van der Waals surface area contributed by atoms with Crippen LogP contribution in [0.15, 0.2) is 45.3 Å². The number of alkyl halides is 2. The van der Waals surface area contributed by atoms with Crippen LogP contribution in [0.2, 0.25) is 0 Å². The largest absolute Gasteiger partial charge is 0.434 e. The van der Waals surface area contributed by atoms with Crippen molar-refractivity contribution in [1.82, 2.24) is 0 Å². The van der Waals surface area contributed by atoms with Crippen LogP contribution in [0.1, 0.15) is 11.1 Å². The minimum absolute atomic E-state index is 0.173. The van der Waals surface area contributed by atoms with Crippen molar-refractivity contribution < 1.29 is 13.5 Å². The van der Waals surface area contributed by atoms with Gasteiger partial charge in [0.1, 0.15) is 5.75 Å². The third-order valence-electron chi connectivity index (χ3n) is 2.89. The molecule has 2 aromatic carbocycles. The summed E-state index contributed by atoms with van der Waals surface area (Å²) >= 11 is 6.79. The van der Waals surface area contributed by atoms with Crippen molar-refractivity contribution in [2.45, 2.75) is 20.1 Å². The van der Waals surface area contributed by atoms with E-state index in [4.69, 9.17) is 0 Å². The zero-order valence-electron chi connectivity index (χ0n) is 11.2. The van der Waals surface area contributed by atoms with Crippen LogP contribution in [0.3, 0.4) is 0 Å². The molecular formula is C15H13Br2F2NO. The molecule has 0 bridgehead atoms. The van der Waals surface area contributed by atoms with Crippen LogP contribution in [0.4, 0.5) is 14.5 Å². The van der Waals surface area contributed by atoms with Gasteiger partial charge < -0.3 is 10.1 Å². The zero-order chi connectivity index (χ0) is 15.4. The number of benzene rings is 2. The monoisotopic (exact) mass is 419 g/mol. The van der Waals surface area contributed by atoms with Gasteiger partial charge in [0.25, 0.3) is 0 Å². The molecule has 0 heterocycles. The molecule has 0 radical (unpaired) electrons. The van der Waals surface area contributed by atoms with Crippen molar-refractivity contribution in [3.05, 3.63) is 56.5 Å². The maximum Gasteiger partial charge on any atom is 0.387 e. The second-order valence-electron chi connectivity index (χ2n) is 4.45. The Morgan fingerprint density at radius 2 is 1.90 bits per heavy atom. The molecule has 0 saturated heterocycles. The van der Waals surface area contributed by atoms with E-state index in [1.54, 1.807) is 12.1 Å². The van der Waals surface area contributed by atoms with Crippen LogP contribution in [0, 0.1) is 6.92 Å².